The zero-order chi connectivity index (χ0) is 17.6. The molecule has 0 saturated heterocycles. The molecule has 3 aromatic rings. The van der Waals surface area contributed by atoms with Gasteiger partial charge in [-0.2, -0.15) is 0 Å². The minimum absolute atomic E-state index is 0.0898. The minimum Gasteiger partial charge on any atom is -0.457 e. The second-order valence-corrected chi connectivity index (χ2v) is 6.64. The first kappa shape index (κ1) is 17.4. The Kier molecular flexibility index (Phi) is 5.60. The van der Waals surface area contributed by atoms with E-state index in [-0.39, 0.29) is 11.9 Å². The summed E-state index contributed by atoms with van der Waals surface area (Å²) in [6, 6.07) is 17.8. The van der Waals surface area contributed by atoms with E-state index in [1.165, 1.54) is 6.92 Å². The van der Waals surface area contributed by atoms with Gasteiger partial charge in [-0.15, -0.1) is 5.10 Å². The van der Waals surface area contributed by atoms with Gasteiger partial charge in [-0.25, -0.2) is 0 Å². The van der Waals surface area contributed by atoms with Crippen LogP contribution >= 0.6 is 15.9 Å². The average molecular weight is 400 g/mol. The normalized spacial score (nSPS) is 13.2. The number of ether oxygens (including phenoxy) is 1. The first-order valence-electron chi connectivity index (χ1n) is 7.95. The molecule has 0 unspecified atom stereocenters. The van der Waals surface area contributed by atoms with Crippen molar-refractivity contribution < 1.29 is 9.53 Å². The van der Waals surface area contributed by atoms with Gasteiger partial charge in [0.15, 0.2) is 0 Å². The summed E-state index contributed by atoms with van der Waals surface area (Å²) >= 11 is 3.45. The lowest BCUT2D eigenvalue weighted by atomic mass is 9.89. The zero-order valence-electron chi connectivity index (χ0n) is 13.7. The molecule has 0 radical (unpaired) electrons. The van der Waals surface area contributed by atoms with Gasteiger partial charge >= 0.3 is 5.97 Å². The van der Waals surface area contributed by atoms with Gasteiger partial charge in [0, 0.05) is 23.5 Å². The van der Waals surface area contributed by atoms with Gasteiger partial charge in [0.05, 0.1) is 12.7 Å². The smallest absolute Gasteiger partial charge is 0.303 e. The quantitative estimate of drug-likeness (QED) is 0.584. The number of rotatable bonds is 6. The minimum atomic E-state index is -0.419. The fraction of sp³-hybridized carbons (Fsp3) is 0.211. The molecular weight excluding hydrogens is 382 g/mol. The Morgan fingerprint density at radius 3 is 2.44 bits per heavy atom. The predicted molar refractivity (Wildman–Crippen MR) is 97.9 cm³/mol. The molecule has 128 valence electrons. The van der Waals surface area contributed by atoms with Crippen LogP contribution in [0.5, 0.6) is 0 Å². The van der Waals surface area contributed by atoms with Gasteiger partial charge in [-0.05, 0) is 23.3 Å². The van der Waals surface area contributed by atoms with Crippen LogP contribution in [0, 0.1) is 0 Å². The fourth-order valence-corrected chi connectivity index (χ4v) is 3.09. The Bertz CT molecular complexity index is 804. The zero-order valence-corrected chi connectivity index (χ0v) is 15.3. The lowest BCUT2D eigenvalue weighted by molar-refractivity contribution is -0.148. The molecule has 0 saturated carbocycles. The maximum Gasteiger partial charge on any atom is 0.303 e. The molecule has 0 N–H and O–H groups in total. The second kappa shape index (κ2) is 8.07. The van der Waals surface area contributed by atoms with Crippen molar-refractivity contribution in [3.63, 3.8) is 0 Å². The Balaban J connectivity index is 2.01. The van der Waals surface area contributed by atoms with E-state index in [0.717, 1.165) is 15.6 Å². The number of hydrogen-bond acceptors (Lipinski definition) is 4. The Morgan fingerprint density at radius 1 is 1.12 bits per heavy atom. The van der Waals surface area contributed by atoms with Crippen molar-refractivity contribution >= 4 is 21.9 Å². The maximum atomic E-state index is 11.8. The molecule has 25 heavy (non-hydrogen) atoms. The van der Waals surface area contributed by atoms with Crippen LogP contribution in [0.3, 0.4) is 0 Å². The standard InChI is InChI=1S/C19H18BrN3O2/c1-14(24)25-19(16-7-9-17(20)10-8-16)18(13-23-12-11-21-22-23)15-5-3-2-4-6-15/h2-12,18-19H,13H2,1H3/t18-,19-/m0/s1. The number of carbonyl (C=O) groups excluding carboxylic acids is 1. The predicted octanol–water partition coefficient (Wildman–Crippen LogP) is 4.13. The Morgan fingerprint density at radius 2 is 1.84 bits per heavy atom. The van der Waals surface area contributed by atoms with E-state index < -0.39 is 6.10 Å². The van der Waals surface area contributed by atoms with Gasteiger partial charge in [0.25, 0.3) is 0 Å². The third-order valence-electron chi connectivity index (χ3n) is 3.94. The summed E-state index contributed by atoms with van der Waals surface area (Å²) in [7, 11) is 0. The largest absolute Gasteiger partial charge is 0.457 e. The van der Waals surface area contributed by atoms with E-state index >= 15 is 0 Å². The van der Waals surface area contributed by atoms with Crippen LogP contribution in [0.25, 0.3) is 0 Å². The molecule has 2 aromatic carbocycles. The number of halogens is 1. The van der Waals surface area contributed by atoms with Crippen molar-refractivity contribution in [2.45, 2.75) is 25.5 Å². The lowest BCUT2D eigenvalue weighted by Crippen LogP contribution is -2.22. The van der Waals surface area contributed by atoms with Crippen LogP contribution in [0.1, 0.15) is 30.1 Å². The monoisotopic (exact) mass is 399 g/mol. The number of esters is 1. The molecule has 1 aromatic heterocycles. The summed E-state index contributed by atoms with van der Waals surface area (Å²) in [5.74, 6) is -0.402. The highest BCUT2D eigenvalue weighted by atomic mass is 79.9. The van der Waals surface area contributed by atoms with Gasteiger partial charge in [0.1, 0.15) is 6.10 Å². The first-order chi connectivity index (χ1) is 12.1. The molecule has 0 aliphatic heterocycles. The molecule has 0 aliphatic rings. The van der Waals surface area contributed by atoms with Crippen molar-refractivity contribution in [3.8, 4) is 0 Å². The average Bonchev–Trinajstić information content (AvgIpc) is 3.12. The number of aromatic nitrogens is 3. The molecule has 5 nitrogen and oxygen atoms in total. The highest BCUT2D eigenvalue weighted by Crippen LogP contribution is 2.36. The second-order valence-electron chi connectivity index (χ2n) is 5.72. The molecule has 0 fully saturated rings. The topological polar surface area (TPSA) is 57.0 Å². The molecule has 6 heteroatoms. The molecule has 0 spiro atoms. The van der Waals surface area contributed by atoms with Crippen molar-refractivity contribution in [1.82, 2.24) is 15.0 Å². The summed E-state index contributed by atoms with van der Waals surface area (Å²) in [5.41, 5.74) is 2.01. The molecule has 2 atom stereocenters. The van der Waals surface area contributed by atoms with E-state index in [4.69, 9.17) is 4.74 Å². The van der Waals surface area contributed by atoms with Gasteiger partial charge < -0.3 is 4.74 Å². The fourth-order valence-electron chi connectivity index (χ4n) is 2.82. The van der Waals surface area contributed by atoms with Crippen LogP contribution in [0.4, 0.5) is 0 Å². The van der Waals surface area contributed by atoms with E-state index in [1.807, 2.05) is 60.8 Å². The van der Waals surface area contributed by atoms with Crippen LogP contribution in [-0.2, 0) is 16.1 Å². The van der Waals surface area contributed by atoms with E-state index in [0.29, 0.717) is 6.54 Å². The third kappa shape index (κ3) is 4.54. The van der Waals surface area contributed by atoms with Gasteiger partial charge in [-0.1, -0.05) is 63.6 Å². The molecule has 1 heterocycles. The maximum absolute atomic E-state index is 11.8. The highest BCUT2D eigenvalue weighted by molar-refractivity contribution is 9.10. The summed E-state index contributed by atoms with van der Waals surface area (Å²) in [6.07, 6.45) is 3.03. The third-order valence-corrected chi connectivity index (χ3v) is 4.47. The molecule has 3 rings (SSSR count). The summed E-state index contributed by atoms with van der Waals surface area (Å²) in [6.45, 7) is 1.99. The molecular formula is C19H18BrN3O2. The van der Waals surface area contributed by atoms with E-state index in [2.05, 4.69) is 26.2 Å². The summed E-state index contributed by atoms with van der Waals surface area (Å²) < 4.78 is 8.46. The van der Waals surface area contributed by atoms with E-state index in [9.17, 15) is 4.79 Å². The van der Waals surface area contributed by atoms with E-state index in [1.54, 1.807) is 10.9 Å². The van der Waals surface area contributed by atoms with Crippen LogP contribution in [0.15, 0.2) is 71.5 Å². The summed E-state index contributed by atoms with van der Waals surface area (Å²) in [4.78, 5) is 11.8. The van der Waals surface area contributed by atoms with Crippen molar-refractivity contribution in [2.75, 3.05) is 0 Å². The SMILES string of the molecule is CC(=O)O[C@@H](c1ccc(Br)cc1)[C@@H](Cn1ccnn1)c1ccccc1. The molecule has 0 aliphatic carbocycles. The van der Waals surface area contributed by atoms with Gasteiger partial charge in [-0.3, -0.25) is 9.48 Å². The molecule has 0 bridgehead atoms. The summed E-state index contributed by atoms with van der Waals surface area (Å²) in [5, 5.41) is 7.94. The number of carbonyl (C=O) groups is 1. The van der Waals surface area contributed by atoms with Crippen molar-refractivity contribution in [1.29, 1.82) is 0 Å². The number of hydrogen-bond donors (Lipinski definition) is 0. The number of benzene rings is 2. The highest BCUT2D eigenvalue weighted by Gasteiger charge is 2.28. The molecule has 0 amide bonds. The van der Waals surface area contributed by atoms with Crippen molar-refractivity contribution in [3.05, 3.63) is 82.6 Å². The number of nitrogens with zero attached hydrogens (tertiary/aromatic N) is 3. The van der Waals surface area contributed by atoms with Crippen LogP contribution in [-0.4, -0.2) is 21.0 Å². The Hall–Kier alpha value is -2.47. The van der Waals surface area contributed by atoms with Crippen LogP contribution < -0.4 is 0 Å². The van der Waals surface area contributed by atoms with Gasteiger partial charge in [0.2, 0.25) is 0 Å². The Labute approximate surface area is 154 Å². The lowest BCUT2D eigenvalue weighted by Gasteiger charge is -2.27. The first-order valence-corrected chi connectivity index (χ1v) is 8.74. The van der Waals surface area contributed by atoms with Crippen LogP contribution in [0.2, 0.25) is 0 Å². The van der Waals surface area contributed by atoms with Crippen molar-refractivity contribution in [2.24, 2.45) is 0 Å².